The first-order valence-electron chi connectivity index (χ1n) is 5.27. The summed E-state index contributed by atoms with van der Waals surface area (Å²) in [6.45, 7) is 7.03. The van der Waals surface area contributed by atoms with Crippen LogP contribution in [0.2, 0.25) is 0 Å². The van der Waals surface area contributed by atoms with Crippen LogP contribution in [0.3, 0.4) is 0 Å². The van der Waals surface area contributed by atoms with Gasteiger partial charge in [0.15, 0.2) is 0 Å². The summed E-state index contributed by atoms with van der Waals surface area (Å²) in [5.74, 6) is 0.741. The van der Waals surface area contributed by atoms with Crippen LogP contribution in [-0.2, 0) is 6.42 Å². The Morgan fingerprint density at radius 2 is 2.00 bits per heavy atom. The molecule has 0 amide bonds. The number of hydrogen-bond donors (Lipinski definition) is 0. The van der Waals surface area contributed by atoms with E-state index in [1.54, 1.807) is 11.1 Å². The molecular weight excluding hydrogens is 236 g/mol. The second-order valence-electron chi connectivity index (χ2n) is 5.30. The van der Waals surface area contributed by atoms with E-state index in [0.717, 1.165) is 5.92 Å². The Kier molecular flexibility index (Phi) is 2.46. The molecule has 1 aliphatic carbocycles. The van der Waals surface area contributed by atoms with E-state index in [9.17, 15) is 0 Å². The van der Waals surface area contributed by atoms with Crippen LogP contribution in [-0.4, -0.2) is 0 Å². The van der Waals surface area contributed by atoms with Crippen LogP contribution in [0, 0.1) is 5.41 Å². The Balaban J connectivity index is 2.41. The lowest BCUT2D eigenvalue weighted by atomic mass is 9.77. The fourth-order valence-corrected chi connectivity index (χ4v) is 2.89. The third-order valence-electron chi connectivity index (χ3n) is 3.23. The molecule has 0 nitrogen and oxygen atoms in total. The largest absolute Gasteiger partial charge is 0.0596 e. The first-order chi connectivity index (χ1) is 6.48. The van der Waals surface area contributed by atoms with Crippen molar-refractivity contribution in [1.29, 1.82) is 0 Å². The highest BCUT2D eigenvalue weighted by Gasteiger charge is 2.31. The molecule has 1 heteroatoms. The van der Waals surface area contributed by atoms with Gasteiger partial charge in [0.1, 0.15) is 0 Å². The summed E-state index contributed by atoms with van der Waals surface area (Å²) in [7, 11) is 0. The molecule has 0 saturated heterocycles. The van der Waals surface area contributed by atoms with E-state index < -0.39 is 0 Å². The van der Waals surface area contributed by atoms with Crippen LogP contribution in [0.25, 0.3) is 0 Å². The average molecular weight is 253 g/mol. The molecule has 76 valence electrons. The van der Waals surface area contributed by atoms with Gasteiger partial charge in [0.25, 0.3) is 0 Å². The normalized spacial score (nSPS) is 21.0. The molecule has 0 spiro atoms. The van der Waals surface area contributed by atoms with Crippen molar-refractivity contribution in [1.82, 2.24) is 0 Å². The molecule has 0 heterocycles. The van der Waals surface area contributed by atoms with Crippen molar-refractivity contribution in [2.24, 2.45) is 5.41 Å². The van der Waals surface area contributed by atoms with Crippen molar-refractivity contribution in [2.45, 2.75) is 39.5 Å². The van der Waals surface area contributed by atoms with Crippen molar-refractivity contribution in [3.8, 4) is 0 Å². The fraction of sp³-hybridized carbons (Fsp3) is 0.538. The summed E-state index contributed by atoms with van der Waals surface area (Å²) in [4.78, 5) is 0. The van der Waals surface area contributed by atoms with Gasteiger partial charge in [0, 0.05) is 4.47 Å². The van der Waals surface area contributed by atoms with Gasteiger partial charge in [0.05, 0.1) is 0 Å². The number of halogens is 1. The Morgan fingerprint density at radius 1 is 1.29 bits per heavy atom. The van der Waals surface area contributed by atoms with E-state index in [1.165, 1.54) is 17.3 Å². The molecule has 0 saturated carbocycles. The summed E-state index contributed by atoms with van der Waals surface area (Å²) in [5.41, 5.74) is 3.51. The van der Waals surface area contributed by atoms with Gasteiger partial charge in [-0.1, -0.05) is 42.8 Å². The van der Waals surface area contributed by atoms with Gasteiger partial charge in [-0.05, 0) is 47.4 Å². The zero-order valence-corrected chi connectivity index (χ0v) is 10.7. The van der Waals surface area contributed by atoms with E-state index >= 15 is 0 Å². The number of hydrogen-bond acceptors (Lipinski definition) is 0. The summed E-state index contributed by atoms with van der Waals surface area (Å²) >= 11 is 3.54. The van der Waals surface area contributed by atoms with E-state index in [1.807, 2.05) is 0 Å². The van der Waals surface area contributed by atoms with E-state index in [0.29, 0.717) is 5.41 Å². The molecule has 1 unspecified atom stereocenters. The summed E-state index contributed by atoms with van der Waals surface area (Å²) in [6.07, 6.45) is 2.56. The van der Waals surface area contributed by atoms with E-state index in [2.05, 4.69) is 54.9 Å². The predicted octanol–water partition coefficient (Wildman–Crippen LogP) is 4.53. The Hall–Kier alpha value is -0.300. The number of fused-ring (bicyclic) bond motifs is 1. The smallest absolute Gasteiger partial charge is 0.0178 e. The molecule has 1 aliphatic rings. The first kappa shape index (κ1) is 10.2. The third-order valence-corrected chi connectivity index (χ3v) is 3.72. The lowest BCUT2D eigenvalue weighted by molar-refractivity contribution is 0.319. The molecule has 1 atom stereocenters. The Morgan fingerprint density at radius 3 is 2.64 bits per heavy atom. The lowest BCUT2D eigenvalue weighted by Gasteiger charge is -2.27. The molecule has 0 radical (unpaired) electrons. The molecule has 2 rings (SSSR count). The lowest BCUT2D eigenvalue weighted by Crippen LogP contribution is -2.15. The topological polar surface area (TPSA) is 0 Å². The predicted molar refractivity (Wildman–Crippen MR) is 64.7 cm³/mol. The van der Waals surface area contributed by atoms with E-state index in [4.69, 9.17) is 0 Å². The molecular formula is C13H17Br. The van der Waals surface area contributed by atoms with E-state index in [-0.39, 0.29) is 0 Å². The maximum atomic E-state index is 3.54. The second kappa shape index (κ2) is 3.37. The van der Waals surface area contributed by atoms with Crippen molar-refractivity contribution in [3.05, 3.63) is 33.8 Å². The maximum Gasteiger partial charge on any atom is 0.0178 e. The van der Waals surface area contributed by atoms with Crippen LogP contribution < -0.4 is 0 Å². The summed E-state index contributed by atoms with van der Waals surface area (Å²) in [5, 5.41) is 0. The molecule has 0 aromatic heterocycles. The minimum absolute atomic E-state index is 0.402. The average Bonchev–Trinajstić information content (AvgIpc) is 2.45. The molecule has 0 N–H and O–H groups in total. The monoisotopic (exact) mass is 252 g/mol. The van der Waals surface area contributed by atoms with Crippen LogP contribution in [0.5, 0.6) is 0 Å². The standard InChI is InChI=1S/C13H17Br/c1-13(2,3)12-7-4-9-8-10(14)5-6-11(9)12/h5-6,8,12H,4,7H2,1-3H3. The van der Waals surface area contributed by atoms with Gasteiger partial charge >= 0.3 is 0 Å². The molecule has 14 heavy (non-hydrogen) atoms. The highest BCUT2D eigenvalue weighted by Crippen LogP contribution is 2.45. The van der Waals surface area contributed by atoms with Crippen LogP contribution in [0.15, 0.2) is 22.7 Å². The quantitative estimate of drug-likeness (QED) is 0.637. The van der Waals surface area contributed by atoms with Gasteiger partial charge in [0.2, 0.25) is 0 Å². The Labute approximate surface area is 94.8 Å². The molecule has 1 aromatic rings. The molecule has 0 bridgehead atoms. The minimum atomic E-state index is 0.402. The van der Waals surface area contributed by atoms with Crippen LogP contribution in [0.4, 0.5) is 0 Å². The van der Waals surface area contributed by atoms with Gasteiger partial charge < -0.3 is 0 Å². The zero-order chi connectivity index (χ0) is 10.3. The number of aryl methyl sites for hydroxylation is 1. The summed E-state index contributed by atoms with van der Waals surface area (Å²) < 4.78 is 1.21. The zero-order valence-electron chi connectivity index (χ0n) is 9.10. The first-order valence-corrected chi connectivity index (χ1v) is 6.06. The molecule has 0 aliphatic heterocycles. The highest BCUT2D eigenvalue weighted by molar-refractivity contribution is 9.10. The molecule has 0 fully saturated rings. The van der Waals surface area contributed by atoms with Crippen LogP contribution >= 0.6 is 15.9 Å². The number of benzene rings is 1. The molecule has 1 aromatic carbocycles. The maximum absolute atomic E-state index is 3.54. The fourth-order valence-electron chi connectivity index (χ4n) is 2.49. The minimum Gasteiger partial charge on any atom is -0.0596 e. The van der Waals surface area contributed by atoms with Gasteiger partial charge in [-0.2, -0.15) is 0 Å². The SMILES string of the molecule is CC(C)(C)C1CCc2cc(Br)ccc21. The van der Waals surface area contributed by atoms with Crippen LogP contribution in [0.1, 0.15) is 44.2 Å². The van der Waals surface area contributed by atoms with Crippen molar-refractivity contribution in [3.63, 3.8) is 0 Å². The van der Waals surface area contributed by atoms with Gasteiger partial charge in [-0.25, -0.2) is 0 Å². The number of rotatable bonds is 0. The van der Waals surface area contributed by atoms with Crippen molar-refractivity contribution < 1.29 is 0 Å². The van der Waals surface area contributed by atoms with Gasteiger partial charge in [-0.15, -0.1) is 0 Å². The van der Waals surface area contributed by atoms with Crippen molar-refractivity contribution in [2.75, 3.05) is 0 Å². The van der Waals surface area contributed by atoms with Gasteiger partial charge in [-0.3, -0.25) is 0 Å². The highest BCUT2D eigenvalue weighted by atomic mass is 79.9. The third kappa shape index (κ3) is 1.75. The second-order valence-corrected chi connectivity index (χ2v) is 6.22. The Bertz CT molecular complexity index is 347. The van der Waals surface area contributed by atoms with Crippen molar-refractivity contribution >= 4 is 15.9 Å². The summed E-state index contributed by atoms with van der Waals surface area (Å²) in [6, 6.07) is 6.74.